The van der Waals surface area contributed by atoms with E-state index in [2.05, 4.69) is 27.9 Å². The van der Waals surface area contributed by atoms with Gasteiger partial charge in [0.1, 0.15) is 0 Å². The molecule has 2 amide bonds. The Kier molecular flexibility index (Phi) is 4.92. The number of carbonyl (C=O) groups is 2. The molecule has 1 aliphatic rings. The number of amides is 2. The molecular weight excluding hydrogens is 393 g/mol. The van der Waals surface area contributed by atoms with Gasteiger partial charge in [0, 0.05) is 0 Å². The summed E-state index contributed by atoms with van der Waals surface area (Å²) >= 11 is 3.03. The second-order valence-corrected chi connectivity index (χ2v) is 6.00. The Balaban J connectivity index is 2.39. The van der Waals surface area contributed by atoms with Crippen molar-refractivity contribution in [3.8, 4) is 11.5 Å². The summed E-state index contributed by atoms with van der Waals surface area (Å²) in [6, 6.07) is 3.65. The van der Waals surface area contributed by atoms with Gasteiger partial charge in [-0.25, -0.2) is 0 Å². The molecule has 1 aromatic rings. The van der Waals surface area contributed by atoms with Gasteiger partial charge in [0.25, 0.3) is 11.1 Å². The van der Waals surface area contributed by atoms with Crippen LogP contribution in [0.2, 0.25) is 0 Å². The summed E-state index contributed by atoms with van der Waals surface area (Å²) in [6.07, 6.45) is 1.66. The van der Waals surface area contributed by atoms with E-state index >= 15 is 0 Å². The Morgan fingerprint density at radius 2 is 2.15 bits per heavy atom. The minimum atomic E-state index is -0.372. The van der Waals surface area contributed by atoms with Gasteiger partial charge in [-0.15, -0.1) is 0 Å². The third kappa shape index (κ3) is 3.26. The summed E-state index contributed by atoms with van der Waals surface area (Å²) in [4.78, 5) is 23.0. The van der Waals surface area contributed by atoms with E-state index in [1.165, 1.54) is 0 Å². The average Bonchev–Trinajstić information content (AvgIpc) is 2.70. The summed E-state index contributed by atoms with van der Waals surface area (Å²) in [5, 5.41) is 1.87. The first-order valence-electron chi connectivity index (χ1n) is 5.80. The number of carbonyl (C=O) groups excluding carboxylic acids is 2. The quantitative estimate of drug-likeness (QED) is 0.617. The molecule has 20 heavy (non-hydrogen) atoms. The van der Waals surface area contributed by atoms with Crippen LogP contribution in [0, 0.1) is 3.57 Å². The number of ether oxygens (including phenoxy) is 2. The Labute approximate surface area is 134 Å². The maximum Gasteiger partial charge on any atom is 0.290 e. The standard InChI is InChI=1S/C13H12INO4S/c1-3-19-11-8(14)4-7(5-9(11)18-2)6-10-12(16)15-13(17)20-10/h4-6H,3H2,1-2H3,(H,15,16,17)/b10-6-. The first-order valence-corrected chi connectivity index (χ1v) is 7.70. The van der Waals surface area contributed by atoms with Gasteiger partial charge >= 0.3 is 0 Å². The van der Waals surface area contributed by atoms with Crippen LogP contribution in [-0.4, -0.2) is 24.9 Å². The molecule has 0 spiro atoms. The third-order valence-electron chi connectivity index (χ3n) is 2.48. The van der Waals surface area contributed by atoms with Crippen LogP contribution in [0.3, 0.4) is 0 Å². The summed E-state index contributed by atoms with van der Waals surface area (Å²) in [5.74, 6) is 0.903. The minimum Gasteiger partial charge on any atom is -0.493 e. The predicted molar refractivity (Wildman–Crippen MR) is 86.0 cm³/mol. The highest BCUT2D eigenvalue weighted by Crippen LogP contribution is 2.35. The molecule has 1 aromatic carbocycles. The lowest BCUT2D eigenvalue weighted by molar-refractivity contribution is -0.115. The molecule has 5 nitrogen and oxygen atoms in total. The largest absolute Gasteiger partial charge is 0.493 e. The average molecular weight is 405 g/mol. The van der Waals surface area contributed by atoms with Crippen molar-refractivity contribution in [1.82, 2.24) is 5.32 Å². The van der Waals surface area contributed by atoms with Crippen molar-refractivity contribution in [2.75, 3.05) is 13.7 Å². The fourth-order valence-electron chi connectivity index (χ4n) is 1.68. The van der Waals surface area contributed by atoms with Gasteiger partial charge in [-0.05, 0) is 65.0 Å². The fourth-order valence-corrected chi connectivity index (χ4v) is 3.14. The zero-order chi connectivity index (χ0) is 14.7. The van der Waals surface area contributed by atoms with Gasteiger partial charge in [-0.2, -0.15) is 0 Å². The molecule has 0 radical (unpaired) electrons. The van der Waals surface area contributed by atoms with Crippen molar-refractivity contribution >= 4 is 51.6 Å². The first kappa shape index (κ1) is 15.2. The van der Waals surface area contributed by atoms with Crippen LogP contribution < -0.4 is 14.8 Å². The second-order valence-electron chi connectivity index (χ2n) is 3.82. The monoisotopic (exact) mass is 405 g/mol. The fraction of sp³-hybridized carbons (Fsp3) is 0.231. The minimum absolute atomic E-state index is 0.353. The molecule has 1 aliphatic heterocycles. The number of halogens is 1. The number of hydrogen-bond donors (Lipinski definition) is 1. The van der Waals surface area contributed by atoms with E-state index in [-0.39, 0.29) is 11.1 Å². The van der Waals surface area contributed by atoms with Crippen LogP contribution in [0.5, 0.6) is 11.5 Å². The van der Waals surface area contributed by atoms with Crippen molar-refractivity contribution in [1.29, 1.82) is 0 Å². The molecule has 0 saturated carbocycles. The molecule has 7 heteroatoms. The van der Waals surface area contributed by atoms with Crippen LogP contribution in [0.4, 0.5) is 4.79 Å². The number of hydrogen-bond acceptors (Lipinski definition) is 5. The summed E-state index contributed by atoms with van der Waals surface area (Å²) in [7, 11) is 1.56. The normalized spacial score (nSPS) is 16.4. The Morgan fingerprint density at radius 1 is 1.40 bits per heavy atom. The maximum absolute atomic E-state index is 11.5. The van der Waals surface area contributed by atoms with Crippen molar-refractivity contribution in [2.24, 2.45) is 0 Å². The molecule has 1 saturated heterocycles. The summed E-state index contributed by atoms with van der Waals surface area (Å²) in [6.45, 7) is 2.44. The molecule has 0 aromatic heterocycles. The van der Waals surface area contributed by atoms with Crippen LogP contribution in [0.1, 0.15) is 12.5 Å². The predicted octanol–water partition coefficient (Wildman–Crippen LogP) is 3.02. The zero-order valence-corrected chi connectivity index (χ0v) is 13.8. The molecule has 1 fully saturated rings. The third-order valence-corrected chi connectivity index (χ3v) is 4.09. The molecule has 0 unspecified atom stereocenters. The number of methoxy groups -OCH3 is 1. The smallest absolute Gasteiger partial charge is 0.290 e. The van der Waals surface area contributed by atoms with Gasteiger partial charge in [0.2, 0.25) is 0 Å². The van der Waals surface area contributed by atoms with Crippen molar-refractivity contribution < 1.29 is 19.1 Å². The molecule has 1 N–H and O–H groups in total. The van der Waals surface area contributed by atoms with Crippen LogP contribution in [-0.2, 0) is 4.79 Å². The lowest BCUT2D eigenvalue weighted by Gasteiger charge is -2.12. The van der Waals surface area contributed by atoms with Gasteiger partial charge < -0.3 is 9.47 Å². The zero-order valence-electron chi connectivity index (χ0n) is 10.9. The molecule has 1 heterocycles. The SMILES string of the molecule is CCOc1c(I)cc(/C=C2\SC(=O)NC2=O)cc1OC. The van der Waals surface area contributed by atoms with E-state index in [0.717, 1.165) is 20.9 Å². The first-order chi connectivity index (χ1) is 9.55. The molecule has 0 aliphatic carbocycles. The Morgan fingerprint density at radius 3 is 2.70 bits per heavy atom. The number of nitrogens with one attached hydrogen (secondary N) is 1. The summed E-state index contributed by atoms with van der Waals surface area (Å²) < 4.78 is 11.7. The van der Waals surface area contributed by atoms with Crippen LogP contribution in [0.15, 0.2) is 17.0 Å². The molecule has 106 valence electrons. The van der Waals surface area contributed by atoms with E-state index in [1.807, 2.05) is 13.0 Å². The van der Waals surface area contributed by atoms with Gasteiger partial charge in [-0.1, -0.05) is 0 Å². The number of imide groups is 1. The van der Waals surface area contributed by atoms with Gasteiger partial charge in [0.05, 0.1) is 22.2 Å². The lowest BCUT2D eigenvalue weighted by Crippen LogP contribution is -2.17. The number of thioether (sulfide) groups is 1. The topological polar surface area (TPSA) is 64.6 Å². The van der Waals surface area contributed by atoms with E-state index < -0.39 is 0 Å². The van der Waals surface area contributed by atoms with E-state index in [1.54, 1.807) is 19.3 Å². The summed E-state index contributed by atoms with van der Waals surface area (Å²) in [5.41, 5.74) is 0.780. The van der Waals surface area contributed by atoms with Crippen molar-refractivity contribution in [3.05, 3.63) is 26.2 Å². The van der Waals surface area contributed by atoms with E-state index in [9.17, 15) is 9.59 Å². The molecule has 2 rings (SSSR count). The van der Waals surface area contributed by atoms with Crippen molar-refractivity contribution in [3.63, 3.8) is 0 Å². The number of benzene rings is 1. The van der Waals surface area contributed by atoms with Crippen molar-refractivity contribution in [2.45, 2.75) is 6.92 Å². The number of rotatable bonds is 4. The van der Waals surface area contributed by atoms with Gasteiger partial charge in [0.15, 0.2) is 11.5 Å². The lowest BCUT2D eigenvalue weighted by atomic mass is 10.2. The molecular formula is C13H12INO4S. The van der Waals surface area contributed by atoms with Crippen LogP contribution >= 0.6 is 34.4 Å². The van der Waals surface area contributed by atoms with Crippen LogP contribution in [0.25, 0.3) is 6.08 Å². The second kappa shape index (κ2) is 6.49. The van der Waals surface area contributed by atoms with Gasteiger partial charge in [-0.3, -0.25) is 14.9 Å². The van der Waals surface area contributed by atoms with E-state index in [0.29, 0.717) is 23.0 Å². The molecule has 0 atom stereocenters. The highest BCUT2D eigenvalue weighted by molar-refractivity contribution is 14.1. The maximum atomic E-state index is 11.5. The Bertz CT molecular complexity index is 600. The highest BCUT2D eigenvalue weighted by Gasteiger charge is 2.25. The molecule has 0 bridgehead atoms. The Hall–Kier alpha value is -1.22. The van der Waals surface area contributed by atoms with E-state index in [4.69, 9.17) is 9.47 Å². The highest BCUT2D eigenvalue weighted by atomic mass is 127.